The van der Waals surface area contributed by atoms with Crippen molar-refractivity contribution < 1.29 is 14.2 Å². The van der Waals surface area contributed by atoms with Crippen molar-refractivity contribution in [3.63, 3.8) is 0 Å². The zero-order valence-corrected chi connectivity index (χ0v) is 11.1. The number of halogens is 1. The highest BCUT2D eigenvalue weighted by molar-refractivity contribution is 5.32. The average molecular weight is 260 g/mol. The van der Waals surface area contributed by atoms with Gasteiger partial charge < -0.3 is 9.84 Å². The van der Waals surface area contributed by atoms with Gasteiger partial charge in [-0.25, -0.2) is 4.39 Å². The zero-order chi connectivity index (χ0) is 13.8. The Morgan fingerprint density at radius 1 is 1.16 bits per heavy atom. The van der Waals surface area contributed by atoms with E-state index < -0.39 is 6.10 Å². The van der Waals surface area contributed by atoms with Crippen LogP contribution in [0.5, 0.6) is 5.75 Å². The molecule has 0 radical (unpaired) electrons. The highest BCUT2D eigenvalue weighted by Crippen LogP contribution is 2.20. The fraction of sp³-hybridized carbons (Fsp3) is 0.250. The van der Waals surface area contributed by atoms with E-state index in [-0.39, 0.29) is 12.4 Å². The van der Waals surface area contributed by atoms with Gasteiger partial charge in [-0.1, -0.05) is 29.8 Å². The smallest absolute Gasteiger partial charge is 0.126 e. The second kappa shape index (κ2) is 5.85. The Morgan fingerprint density at radius 2 is 1.95 bits per heavy atom. The molecule has 1 atom stereocenters. The normalized spacial score (nSPS) is 12.2. The lowest BCUT2D eigenvalue weighted by Crippen LogP contribution is -2.11. The van der Waals surface area contributed by atoms with E-state index in [1.165, 1.54) is 12.1 Å². The molecule has 0 saturated heterocycles. The largest absolute Gasteiger partial charge is 0.490 e. The van der Waals surface area contributed by atoms with Crippen LogP contribution in [0.4, 0.5) is 4.39 Å². The summed E-state index contributed by atoms with van der Waals surface area (Å²) in [5.41, 5.74) is 3.01. The van der Waals surface area contributed by atoms with E-state index in [2.05, 4.69) is 0 Å². The summed E-state index contributed by atoms with van der Waals surface area (Å²) >= 11 is 0. The molecule has 0 saturated carbocycles. The lowest BCUT2D eigenvalue weighted by atomic mass is 10.0. The monoisotopic (exact) mass is 260 g/mol. The summed E-state index contributed by atoms with van der Waals surface area (Å²) in [7, 11) is 0. The van der Waals surface area contributed by atoms with Crippen molar-refractivity contribution in [1.82, 2.24) is 0 Å². The van der Waals surface area contributed by atoms with Gasteiger partial charge in [-0.2, -0.15) is 0 Å². The van der Waals surface area contributed by atoms with E-state index in [4.69, 9.17) is 4.74 Å². The number of aliphatic hydroxyl groups excluding tert-OH is 1. The Kier molecular flexibility index (Phi) is 4.17. The molecule has 0 bridgehead atoms. The van der Waals surface area contributed by atoms with Gasteiger partial charge in [0.25, 0.3) is 0 Å². The molecule has 2 nitrogen and oxygen atoms in total. The Bertz CT molecular complexity index is 566. The molecule has 0 spiro atoms. The van der Waals surface area contributed by atoms with Crippen molar-refractivity contribution in [2.75, 3.05) is 6.61 Å². The lowest BCUT2D eigenvalue weighted by Gasteiger charge is -2.15. The molecule has 100 valence electrons. The molecular weight excluding hydrogens is 243 g/mol. The van der Waals surface area contributed by atoms with Crippen molar-refractivity contribution in [2.24, 2.45) is 0 Å². The summed E-state index contributed by atoms with van der Waals surface area (Å²) in [5.74, 6) is 0.0716. The van der Waals surface area contributed by atoms with Gasteiger partial charge in [-0.05, 0) is 37.1 Å². The number of hydrogen-bond acceptors (Lipinski definition) is 2. The van der Waals surface area contributed by atoms with Crippen LogP contribution in [0.15, 0.2) is 42.5 Å². The van der Waals surface area contributed by atoms with Crippen molar-refractivity contribution in [2.45, 2.75) is 20.0 Å². The average Bonchev–Trinajstić information content (AvgIpc) is 2.36. The third kappa shape index (κ3) is 3.55. The number of aliphatic hydroxyl groups is 1. The van der Waals surface area contributed by atoms with Crippen molar-refractivity contribution in [1.29, 1.82) is 0 Å². The first-order valence-corrected chi connectivity index (χ1v) is 6.20. The second-order valence-corrected chi connectivity index (χ2v) is 4.64. The topological polar surface area (TPSA) is 29.5 Å². The predicted molar refractivity (Wildman–Crippen MR) is 72.8 cm³/mol. The molecule has 0 fully saturated rings. The van der Waals surface area contributed by atoms with E-state index >= 15 is 0 Å². The predicted octanol–water partition coefficient (Wildman–Crippen LogP) is 3.55. The lowest BCUT2D eigenvalue weighted by molar-refractivity contribution is 0.107. The molecule has 0 aromatic heterocycles. The Hall–Kier alpha value is -1.87. The molecular formula is C16H17FO2. The minimum absolute atomic E-state index is 0.105. The molecule has 2 aromatic rings. The molecule has 0 aliphatic carbocycles. The van der Waals surface area contributed by atoms with Gasteiger partial charge in [-0.15, -0.1) is 0 Å². The van der Waals surface area contributed by atoms with E-state index in [1.54, 1.807) is 12.1 Å². The maximum absolute atomic E-state index is 13.0. The van der Waals surface area contributed by atoms with Crippen LogP contribution >= 0.6 is 0 Å². The standard InChI is InChI=1S/C16H17FO2/c1-11-6-7-15(12(2)8-11)16(18)10-19-14-5-3-4-13(17)9-14/h3-9,16,18H,10H2,1-2H3. The minimum Gasteiger partial charge on any atom is -0.490 e. The number of hydrogen-bond donors (Lipinski definition) is 1. The number of benzene rings is 2. The first-order valence-electron chi connectivity index (χ1n) is 6.20. The minimum atomic E-state index is -0.719. The van der Waals surface area contributed by atoms with Gasteiger partial charge in [0.1, 0.15) is 24.3 Å². The molecule has 2 aromatic carbocycles. The maximum Gasteiger partial charge on any atom is 0.126 e. The summed E-state index contributed by atoms with van der Waals surface area (Å²) in [6.45, 7) is 4.06. The van der Waals surface area contributed by atoms with Gasteiger partial charge >= 0.3 is 0 Å². The van der Waals surface area contributed by atoms with Crippen LogP contribution in [-0.2, 0) is 0 Å². The summed E-state index contributed by atoms with van der Waals surface area (Å²) in [6.07, 6.45) is -0.719. The molecule has 1 N–H and O–H groups in total. The van der Waals surface area contributed by atoms with Gasteiger partial charge in [0, 0.05) is 6.07 Å². The van der Waals surface area contributed by atoms with Crippen molar-refractivity contribution in [3.8, 4) is 5.75 Å². The SMILES string of the molecule is Cc1ccc(C(O)COc2cccc(F)c2)c(C)c1. The fourth-order valence-electron chi connectivity index (χ4n) is 2.02. The maximum atomic E-state index is 13.0. The molecule has 0 amide bonds. The van der Waals surface area contributed by atoms with E-state index in [0.717, 1.165) is 16.7 Å². The van der Waals surface area contributed by atoms with Crippen LogP contribution in [0.1, 0.15) is 22.8 Å². The third-order valence-electron chi connectivity index (χ3n) is 2.99. The number of aryl methyl sites for hydroxylation is 2. The molecule has 3 heteroatoms. The fourth-order valence-corrected chi connectivity index (χ4v) is 2.02. The van der Waals surface area contributed by atoms with Gasteiger partial charge in [0.2, 0.25) is 0 Å². The molecule has 0 heterocycles. The van der Waals surface area contributed by atoms with Crippen LogP contribution in [0.2, 0.25) is 0 Å². The summed E-state index contributed by atoms with van der Waals surface area (Å²) in [4.78, 5) is 0. The molecule has 2 rings (SSSR count). The second-order valence-electron chi connectivity index (χ2n) is 4.64. The quantitative estimate of drug-likeness (QED) is 0.910. The van der Waals surface area contributed by atoms with Crippen LogP contribution in [0, 0.1) is 19.7 Å². The summed E-state index contributed by atoms with van der Waals surface area (Å²) in [6, 6.07) is 11.8. The Labute approximate surface area is 112 Å². The van der Waals surface area contributed by atoms with E-state index in [1.807, 2.05) is 32.0 Å². The van der Waals surface area contributed by atoms with Crippen LogP contribution in [-0.4, -0.2) is 11.7 Å². The third-order valence-corrected chi connectivity index (χ3v) is 2.99. The molecule has 0 aliphatic heterocycles. The summed E-state index contributed by atoms with van der Waals surface area (Å²) in [5, 5.41) is 10.1. The van der Waals surface area contributed by atoms with Crippen molar-refractivity contribution in [3.05, 3.63) is 65.0 Å². The molecule has 19 heavy (non-hydrogen) atoms. The first-order chi connectivity index (χ1) is 9.06. The van der Waals surface area contributed by atoms with Crippen LogP contribution in [0.25, 0.3) is 0 Å². The molecule has 0 aliphatic rings. The van der Waals surface area contributed by atoms with Gasteiger partial charge in [-0.3, -0.25) is 0 Å². The van der Waals surface area contributed by atoms with Crippen molar-refractivity contribution >= 4 is 0 Å². The Balaban J connectivity index is 2.03. The van der Waals surface area contributed by atoms with E-state index in [0.29, 0.717) is 5.75 Å². The van der Waals surface area contributed by atoms with Gasteiger partial charge in [0.15, 0.2) is 0 Å². The van der Waals surface area contributed by atoms with Crippen LogP contribution < -0.4 is 4.74 Å². The van der Waals surface area contributed by atoms with E-state index in [9.17, 15) is 9.50 Å². The number of ether oxygens (including phenoxy) is 1. The zero-order valence-electron chi connectivity index (χ0n) is 11.1. The van der Waals surface area contributed by atoms with Crippen LogP contribution in [0.3, 0.4) is 0 Å². The Morgan fingerprint density at radius 3 is 2.63 bits per heavy atom. The first kappa shape index (κ1) is 13.6. The highest BCUT2D eigenvalue weighted by Gasteiger charge is 2.11. The highest BCUT2D eigenvalue weighted by atomic mass is 19.1. The molecule has 1 unspecified atom stereocenters. The van der Waals surface area contributed by atoms with Gasteiger partial charge in [0.05, 0.1) is 0 Å². The number of rotatable bonds is 4. The summed E-state index contributed by atoms with van der Waals surface area (Å²) < 4.78 is 18.4.